The first-order chi connectivity index (χ1) is 10.2. The van der Waals surface area contributed by atoms with E-state index < -0.39 is 0 Å². The minimum atomic E-state index is 0.559. The molecule has 4 nitrogen and oxygen atoms in total. The molecule has 4 heteroatoms. The summed E-state index contributed by atoms with van der Waals surface area (Å²) in [5.74, 6) is 2.08. The van der Waals surface area contributed by atoms with Gasteiger partial charge in [0, 0.05) is 17.2 Å². The fourth-order valence-corrected chi connectivity index (χ4v) is 2.16. The molecule has 0 aliphatic carbocycles. The summed E-state index contributed by atoms with van der Waals surface area (Å²) in [4.78, 5) is 4.52. The lowest BCUT2D eigenvalue weighted by atomic mass is 10.2. The third-order valence-electron chi connectivity index (χ3n) is 3.28. The van der Waals surface area contributed by atoms with Crippen LogP contribution >= 0.6 is 0 Å². The molecule has 0 bridgehead atoms. The summed E-state index contributed by atoms with van der Waals surface area (Å²) < 4.78 is 16.3. The first-order valence-electron chi connectivity index (χ1n) is 6.50. The monoisotopic (exact) mass is 281 g/mol. The van der Waals surface area contributed by atoms with E-state index in [0.717, 1.165) is 28.1 Å². The number of hydrogen-bond acceptors (Lipinski definition) is 4. The molecule has 0 unspecified atom stereocenters. The zero-order chi connectivity index (χ0) is 14.8. The first-order valence-corrected chi connectivity index (χ1v) is 6.50. The predicted octanol–water partition coefficient (Wildman–Crippen LogP) is 4.16. The molecule has 3 aromatic rings. The van der Waals surface area contributed by atoms with Crippen LogP contribution in [0.2, 0.25) is 0 Å². The number of nitrogens with zero attached hydrogens (tertiary/aromatic N) is 1. The van der Waals surface area contributed by atoms with Crippen molar-refractivity contribution < 1.29 is 13.9 Å². The van der Waals surface area contributed by atoms with Gasteiger partial charge in [0.15, 0.2) is 5.58 Å². The third-order valence-corrected chi connectivity index (χ3v) is 3.28. The molecular formula is C17H15NO3. The molecule has 2 aromatic carbocycles. The summed E-state index contributed by atoms with van der Waals surface area (Å²) in [7, 11) is 3.26. The van der Waals surface area contributed by atoms with E-state index in [-0.39, 0.29) is 0 Å². The fraction of sp³-hybridized carbons (Fsp3) is 0.118. The molecule has 0 saturated heterocycles. The molecule has 0 fully saturated rings. The van der Waals surface area contributed by atoms with Crippen LogP contribution in [0.4, 0.5) is 0 Å². The van der Waals surface area contributed by atoms with Crippen LogP contribution in [-0.4, -0.2) is 19.2 Å². The van der Waals surface area contributed by atoms with Crippen molar-refractivity contribution in [3.05, 3.63) is 48.5 Å². The molecule has 0 radical (unpaired) electrons. The Bertz CT molecular complexity index is 788. The summed E-state index contributed by atoms with van der Waals surface area (Å²) >= 11 is 0. The maximum absolute atomic E-state index is 5.87. The molecule has 0 spiro atoms. The summed E-state index contributed by atoms with van der Waals surface area (Å²) in [5, 5.41) is 0. The number of rotatable bonds is 4. The summed E-state index contributed by atoms with van der Waals surface area (Å²) in [5.41, 5.74) is 3.20. The summed E-state index contributed by atoms with van der Waals surface area (Å²) in [6.45, 7) is 3.80. The molecule has 0 N–H and O–H groups in total. The Kier molecular flexibility index (Phi) is 3.36. The Morgan fingerprint density at radius 1 is 1.05 bits per heavy atom. The molecular weight excluding hydrogens is 266 g/mol. The quantitative estimate of drug-likeness (QED) is 0.720. The van der Waals surface area contributed by atoms with Gasteiger partial charge < -0.3 is 13.9 Å². The number of aromatic nitrogens is 1. The minimum Gasteiger partial charge on any atom is -0.497 e. The van der Waals surface area contributed by atoms with Gasteiger partial charge >= 0.3 is 0 Å². The predicted molar refractivity (Wildman–Crippen MR) is 82.6 cm³/mol. The van der Waals surface area contributed by atoms with Gasteiger partial charge in [-0.25, -0.2) is 4.98 Å². The number of ether oxygens (including phenoxy) is 2. The average molecular weight is 281 g/mol. The summed E-state index contributed by atoms with van der Waals surface area (Å²) in [6, 6.07) is 11.3. The zero-order valence-corrected chi connectivity index (χ0v) is 11.9. The van der Waals surface area contributed by atoms with Gasteiger partial charge in [0.05, 0.1) is 14.2 Å². The topological polar surface area (TPSA) is 44.5 Å². The lowest BCUT2D eigenvalue weighted by Crippen LogP contribution is -1.84. The van der Waals surface area contributed by atoms with Gasteiger partial charge in [0.1, 0.15) is 17.0 Å². The van der Waals surface area contributed by atoms with Crippen LogP contribution in [0.25, 0.3) is 28.6 Å². The van der Waals surface area contributed by atoms with Gasteiger partial charge in [0.2, 0.25) is 5.89 Å². The van der Waals surface area contributed by atoms with Crippen molar-refractivity contribution in [3.8, 4) is 23.0 Å². The van der Waals surface area contributed by atoms with Crippen LogP contribution in [0, 0.1) is 0 Å². The fourth-order valence-electron chi connectivity index (χ4n) is 2.16. The van der Waals surface area contributed by atoms with Gasteiger partial charge in [-0.3, -0.25) is 0 Å². The standard InChI is InChI=1S/C17H15NO3/c1-4-11-9-14(20-3)10-15-16(11)21-17(18-15)12-5-7-13(19-2)8-6-12/h4-10H,1H2,2-3H3. The molecule has 3 rings (SSSR count). The molecule has 0 aliphatic heterocycles. The maximum Gasteiger partial charge on any atom is 0.227 e. The highest BCUT2D eigenvalue weighted by Crippen LogP contribution is 2.31. The van der Waals surface area contributed by atoms with Crippen LogP contribution in [0.5, 0.6) is 11.5 Å². The van der Waals surface area contributed by atoms with Gasteiger partial charge in [-0.05, 0) is 30.3 Å². The smallest absolute Gasteiger partial charge is 0.227 e. The van der Waals surface area contributed by atoms with Crippen LogP contribution in [-0.2, 0) is 0 Å². The van der Waals surface area contributed by atoms with Crippen molar-refractivity contribution in [1.82, 2.24) is 4.98 Å². The second-order valence-electron chi connectivity index (χ2n) is 4.52. The highest BCUT2D eigenvalue weighted by atomic mass is 16.5. The van der Waals surface area contributed by atoms with E-state index in [1.807, 2.05) is 36.4 Å². The van der Waals surface area contributed by atoms with Gasteiger partial charge in [-0.1, -0.05) is 12.7 Å². The van der Waals surface area contributed by atoms with Gasteiger partial charge in [-0.15, -0.1) is 0 Å². The number of benzene rings is 2. The van der Waals surface area contributed by atoms with Gasteiger partial charge in [-0.2, -0.15) is 0 Å². The second kappa shape index (κ2) is 5.32. The molecule has 1 aromatic heterocycles. The van der Waals surface area contributed by atoms with E-state index >= 15 is 0 Å². The molecule has 21 heavy (non-hydrogen) atoms. The van der Waals surface area contributed by atoms with Crippen LogP contribution in [0.1, 0.15) is 5.56 Å². The number of fused-ring (bicyclic) bond motifs is 1. The Hall–Kier alpha value is -2.75. The number of oxazole rings is 1. The van der Waals surface area contributed by atoms with Gasteiger partial charge in [0.25, 0.3) is 0 Å². The Labute approximate surface area is 122 Å². The highest BCUT2D eigenvalue weighted by molar-refractivity contribution is 5.86. The Balaban J connectivity index is 2.13. The number of hydrogen-bond donors (Lipinski definition) is 0. The van der Waals surface area contributed by atoms with E-state index in [2.05, 4.69) is 11.6 Å². The maximum atomic E-state index is 5.87. The normalized spacial score (nSPS) is 10.6. The molecule has 0 saturated carbocycles. The van der Waals surface area contributed by atoms with Crippen molar-refractivity contribution in [2.24, 2.45) is 0 Å². The van der Waals surface area contributed by atoms with Crippen LogP contribution < -0.4 is 9.47 Å². The van der Waals surface area contributed by atoms with Crippen molar-refractivity contribution in [3.63, 3.8) is 0 Å². The minimum absolute atomic E-state index is 0.559. The lowest BCUT2D eigenvalue weighted by Gasteiger charge is -2.00. The third kappa shape index (κ3) is 2.36. The van der Waals surface area contributed by atoms with E-state index in [9.17, 15) is 0 Å². The first kappa shape index (κ1) is 13.2. The molecule has 0 atom stereocenters. The van der Waals surface area contributed by atoms with Crippen molar-refractivity contribution in [2.45, 2.75) is 0 Å². The van der Waals surface area contributed by atoms with E-state index in [4.69, 9.17) is 13.9 Å². The Morgan fingerprint density at radius 3 is 2.38 bits per heavy atom. The molecule has 106 valence electrons. The van der Waals surface area contributed by atoms with Crippen molar-refractivity contribution in [1.29, 1.82) is 0 Å². The van der Waals surface area contributed by atoms with Crippen LogP contribution in [0.3, 0.4) is 0 Å². The van der Waals surface area contributed by atoms with E-state index in [1.54, 1.807) is 20.3 Å². The summed E-state index contributed by atoms with van der Waals surface area (Å²) in [6.07, 6.45) is 1.73. The second-order valence-corrected chi connectivity index (χ2v) is 4.52. The molecule has 0 amide bonds. The molecule has 1 heterocycles. The van der Waals surface area contributed by atoms with E-state index in [0.29, 0.717) is 11.5 Å². The number of methoxy groups -OCH3 is 2. The zero-order valence-electron chi connectivity index (χ0n) is 11.9. The molecule has 0 aliphatic rings. The SMILES string of the molecule is C=Cc1cc(OC)cc2nc(-c3ccc(OC)cc3)oc12. The van der Waals surface area contributed by atoms with Crippen molar-refractivity contribution >= 4 is 17.2 Å². The van der Waals surface area contributed by atoms with Crippen LogP contribution in [0.15, 0.2) is 47.4 Å². The van der Waals surface area contributed by atoms with Crippen molar-refractivity contribution in [2.75, 3.05) is 14.2 Å². The lowest BCUT2D eigenvalue weighted by molar-refractivity contribution is 0.414. The Morgan fingerprint density at radius 2 is 1.76 bits per heavy atom. The highest BCUT2D eigenvalue weighted by Gasteiger charge is 2.12. The average Bonchev–Trinajstić information content (AvgIpc) is 2.97. The largest absolute Gasteiger partial charge is 0.497 e. The van der Waals surface area contributed by atoms with E-state index in [1.165, 1.54) is 0 Å².